The third kappa shape index (κ3) is 6.72. The summed E-state index contributed by atoms with van der Waals surface area (Å²) in [6.07, 6.45) is 1.74. The molecular formula is C18H26N4O3S. The van der Waals surface area contributed by atoms with Crippen molar-refractivity contribution in [1.82, 2.24) is 4.98 Å². The molecule has 0 spiro atoms. The van der Waals surface area contributed by atoms with E-state index in [0.29, 0.717) is 50.2 Å². The minimum atomic E-state index is -0.149. The summed E-state index contributed by atoms with van der Waals surface area (Å²) in [7, 11) is 0. The normalized spacial score (nSPS) is 10.7. The Morgan fingerprint density at radius 3 is 2.62 bits per heavy atom. The molecule has 4 N–H and O–H groups in total. The largest absolute Gasteiger partial charge is 0.383 e. The molecule has 1 aromatic carbocycles. The molecule has 7 nitrogen and oxygen atoms in total. The maximum atomic E-state index is 12.4. The van der Waals surface area contributed by atoms with Crippen LogP contribution in [0.3, 0.4) is 0 Å². The van der Waals surface area contributed by atoms with Crippen LogP contribution in [0, 0.1) is 13.8 Å². The fourth-order valence-corrected chi connectivity index (χ4v) is 2.94. The zero-order valence-corrected chi connectivity index (χ0v) is 16.0. The summed E-state index contributed by atoms with van der Waals surface area (Å²) in [5.74, 6) is -0.149. The van der Waals surface area contributed by atoms with Crippen molar-refractivity contribution >= 4 is 28.1 Å². The predicted molar refractivity (Wildman–Crippen MR) is 105 cm³/mol. The Morgan fingerprint density at radius 2 is 1.96 bits per heavy atom. The van der Waals surface area contributed by atoms with Gasteiger partial charge in [0.2, 0.25) is 0 Å². The number of rotatable bonds is 11. The number of nitrogens with zero attached hydrogens (tertiary/aromatic N) is 1. The van der Waals surface area contributed by atoms with E-state index in [9.17, 15) is 4.79 Å². The Balaban J connectivity index is 1.75. The number of amides is 1. The average molecular weight is 378 g/mol. The molecule has 142 valence electrons. The number of benzene rings is 1. The number of hydrogen-bond acceptors (Lipinski definition) is 7. The molecule has 1 aromatic heterocycles. The first-order valence-corrected chi connectivity index (χ1v) is 9.35. The van der Waals surface area contributed by atoms with Crippen molar-refractivity contribution in [2.75, 3.05) is 50.2 Å². The summed E-state index contributed by atoms with van der Waals surface area (Å²) >= 11 is 1.46. The van der Waals surface area contributed by atoms with E-state index < -0.39 is 0 Å². The van der Waals surface area contributed by atoms with Gasteiger partial charge in [0.1, 0.15) is 0 Å². The number of aryl methyl sites for hydroxylation is 2. The number of aromatic nitrogens is 1. The van der Waals surface area contributed by atoms with Crippen molar-refractivity contribution in [2.45, 2.75) is 13.8 Å². The van der Waals surface area contributed by atoms with E-state index in [1.54, 1.807) is 6.20 Å². The molecule has 1 heterocycles. The number of ether oxygens (including phenoxy) is 2. The van der Waals surface area contributed by atoms with Gasteiger partial charge >= 0.3 is 0 Å². The first-order chi connectivity index (χ1) is 12.6. The zero-order valence-electron chi connectivity index (χ0n) is 15.2. The Morgan fingerprint density at radius 1 is 1.19 bits per heavy atom. The van der Waals surface area contributed by atoms with Gasteiger partial charge in [-0.3, -0.25) is 10.1 Å². The van der Waals surface area contributed by atoms with Crippen LogP contribution in [0.2, 0.25) is 0 Å². The molecule has 0 saturated carbocycles. The maximum absolute atomic E-state index is 12.4. The summed E-state index contributed by atoms with van der Waals surface area (Å²) in [6.45, 7) is 7.32. The van der Waals surface area contributed by atoms with Crippen LogP contribution in [0.25, 0.3) is 0 Å². The number of hydrogen-bond donors (Lipinski definition) is 3. The standard InChI is InChI=1S/C18H26N4O3S/c1-13-11-15(20-6-8-25-10-9-24-7-5-19)3-4-16(13)17(23)22-18-21-12-14(2)26-18/h3-4,11-12,20H,5-10,19H2,1-2H3,(H,21,22,23). The van der Waals surface area contributed by atoms with Crippen LogP contribution in [0.1, 0.15) is 20.8 Å². The number of carbonyl (C=O) groups excluding carboxylic acids is 1. The summed E-state index contributed by atoms with van der Waals surface area (Å²) in [5, 5.41) is 6.72. The minimum absolute atomic E-state index is 0.149. The third-order valence-corrected chi connectivity index (χ3v) is 4.35. The Hall–Kier alpha value is -2.00. The highest BCUT2D eigenvalue weighted by molar-refractivity contribution is 7.15. The molecule has 0 bridgehead atoms. The van der Waals surface area contributed by atoms with Gasteiger partial charge in [0.25, 0.3) is 5.91 Å². The molecule has 0 atom stereocenters. The Labute approximate surface area is 157 Å². The van der Waals surface area contributed by atoms with E-state index in [2.05, 4.69) is 15.6 Å². The Kier molecular flexibility index (Phi) is 8.49. The summed E-state index contributed by atoms with van der Waals surface area (Å²) in [5.41, 5.74) is 7.82. The van der Waals surface area contributed by atoms with E-state index in [1.165, 1.54) is 11.3 Å². The van der Waals surface area contributed by atoms with Crippen molar-refractivity contribution in [2.24, 2.45) is 5.73 Å². The SMILES string of the molecule is Cc1cnc(NC(=O)c2ccc(NCCOCCOCCN)cc2C)s1. The molecule has 2 aromatic rings. The highest BCUT2D eigenvalue weighted by Crippen LogP contribution is 2.20. The highest BCUT2D eigenvalue weighted by atomic mass is 32.1. The van der Waals surface area contributed by atoms with Crippen molar-refractivity contribution in [3.8, 4) is 0 Å². The molecule has 2 rings (SSSR count). The predicted octanol–water partition coefficient (Wildman–Crippen LogP) is 2.42. The van der Waals surface area contributed by atoms with Crippen LogP contribution in [-0.2, 0) is 9.47 Å². The average Bonchev–Trinajstić information content (AvgIpc) is 3.02. The van der Waals surface area contributed by atoms with Gasteiger partial charge in [-0.15, -0.1) is 11.3 Å². The topological polar surface area (TPSA) is 98.5 Å². The molecule has 0 saturated heterocycles. The van der Waals surface area contributed by atoms with Gasteiger partial charge in [-0.05, 0) is 37.6 Å². The summed E-state index contributed by atoms with van der Waals surface area (Å²) in [6, 6.07) is 5.65. The first kappa shape index (κ1) is 20.3. The van der Waals surface area contributed by atoms with E-state index in [1.807, 2.05) is 32.0 Å². The number of nitrogens with one attached hydrogen (secondary N) is 2. The smallest absolute Gasteiger partial charge is 0.257 e. The number of anilines is 2. The second kappa shape index (κ2) is 10.9. The van der Waals surface area contributed by atoms with Crippen LogP contribution < -0.4 is 16.4 Å². The lowest BCUT2D eigenvalue weighted by Crippen LogP contribution is -2.15. The van der Waals surface area contributed by atoms with Crippen molar-refractivity contribution in [3.05, 3.63) is 40.4 Å². The third-order valence-electron chi connectivity index (χ3n) is 3.52. The lowest BCUT2D eigenvalue weighted by atomic mass is 10.1. The maximum Gasteiger partial charge on any atom is 0.257 e. The van der Waals surface area contributed by atoms with Crippen molar-refractivity contribution in [3.63, 3.8) is 0 Å². The summed E-state index contributed by atoms with van der Waals surface area (Å²) < 4.78 is 10.7. The molecule has 0 unspecified atom stereocenters. The molecule has 26 heavy (non-hydrogen) atoms. The summed E-state index contributed by atoms with van der Waals surface area (Å²) in [4.78, 5) is 17.6. The van der Waals surface area contributed by atoms with E-state index >= 15 is 0 Å². The van der Waals surface area contributed by atoms with Crippen LogP contribution in [-0.4, -0.2) is 50.4 Å². The molecule has 0 fully saturated rings. The van der Waals surface area contributed by atoms with Crippen LogP contribution >= 0.6 is 11.3 Å². The van der Waals surface area contributed by atoms with E-state index in [0.717, 1.165) is 16.1 Å². The Bertz CT molecular complexity index is 705. The van der Waals surface area contributed by atoms with E-state index in [4.69, 9.17) is 15.2 Å². The quantitative estimate of drug-likeness (QED) is 0.520. The van der Waals surface area contributed by atoms with Gasteiger partial charge in [0.15, 0.2) is 5.13 Å². The van der Waals surface area contributed by atoms with Crippen LogP contribution in [0.5, 0.6) is 0 Å². The fourth-order valence-electron chi connectivity index (χ4n) is 2.28. The molecule has 8 heteroatoms. The monoisotopic (exact) mass is 378 g/mol. The van der Waals surface area contributed by atoms with Crippen molar-refractivity contribution in [1.29, 1.82) is 0 Å². The molecular weight excluding hydrogens is 352 g/mol. The lowest BCUT2D eigenvalue weighted by molar-refractivity contribution is 0.0548. The molecule has 0 aliphatic heterocycles. The number of nitrogens with two attached hydrogens (primary N) is 1. The number of carbonyl (C=O) groups is 1. The van der Waals surface area contributed by atoms with Crippen LogP contribution in [0.4, 0.5) is 10.8 Å². The van der Waals surface area contributed by atoms with Crippen LogP contribution in [0.15, 0.2) is 24.4 Å². The van der Waals surface area contributed by atoms with Gasteiger partial charge in [-0.25, -0.2) is 4.98 Å². The fraction of sp³-hybridized carbons (Fsp3) is 0.444. The first-order valence-electron chi connectivity index (χ1n) is 8.54. The zero-order chi connectivity index (χ0) is 18.8. The lowest BCUT2D eigenvalue weighted by Gasteiger charge is -2.11. The minimum Gasteiger partial charge on any atom is -0.383 e. The molecule has 0 radical (unpaired) electrons. The van der Waals surface area contributed by atoms with Gasteiger partial charge < -0.3 is 20.5 Å². The highest BCUT2D eigenvalue weighted by Gasteiger charge is 2.11. The van der Waals surface area contributed by atoms with Gasteiger partial charge in [-0.1, -0.05) is 0 Å². The van der Waals surface area contributed by atoms with Gasteiger partial charge in [0, 0.05) is 35.4 Å². The molecule has 1 amide bonds. The van der Waals surface area contributed by atoms with Gasteiger partial charge in [-0.2, -0.15) is 0 Å². The van der Waals surface area contributed by atoms with Gasteiger partial charge in [0.05, 0.1) is 26.4 Å². The second-order valence-corrected chi connectivity index (χ2v) is 6.93. The van der Waals surface area contributed by atoms with E-state index in [-0.39, 0.29) is 5.91 Å². The molecule has 0 aliphatic carbocycles. The van der Waals surface area contributed by atoms with Crippen molar-refractivity contribution < 1.29 is 14.3 Å². The number of thiazole rings is 1. The second-order valence-electron chi connectivity index (χ2n) is 5.70. The molecule has 0 aliphatic rings.